The second kappa shape index (κ2) is 12.9. The molecule has 16 nitrogen and oxygen atoms in total. The lowest BCUT2D eigenvalue weighted by molar-refractivity contribution is -0.404. The molecule has 0 heterocycles. The Labute approximate surface area is 280 Å². The number of rotatable bonds is 10. The van der Waals surface area contributed by atoms with Gasteiger partial charge in [0.15, 0.2) is 0 Å². The van der Waals surface area contributed by atoms with Gasteiger partial charge in [0, 0.05) is 17.5 Å². The van der Waals surface area contributed by atoms with Gasteiger partial charge in [-0.15, -0.1) is 0 Å². The molecule has 0 unspecified atom stereocenters. The van der Waals surface area contributed by atoms with Gasteiger partial charge in [-0.1, -0.05) is 48.5 Å². The van der Waals surface area contributed by atoms with E-state index in [1.54, 1.807) is 69.3 Å². The summed E-state index contributed by atoms with van der Waals surface area (Å²) in [5.41, 5.74) is -5.44. The first-order valence-electron chi connectivity index (χ1n) is 14.6. The lowest BCUT2D eigenvalue weighted by Gasteiger charge is -2.22. The van der Waals surface area contributed by atoms with Crippen molar-refractivity contribution < 1.29 is 48.8 Å². The first-order valence-corrected chi connectivity index (χ1v) is 14.6. The van der Waals surface area contributed by atoms with Crippen LogP contribution in [0.15, 0.2) is 72.8 Å². The number of non-ortho nitro benzene ring substituents is 1. The van der Waals surface area contributed by atoms with Crippen molar-refractivity contribution in [2.24, 2.45) is 5.41 Å². The van der Waals surface area contributed by atoms with Crippen LogP contribution in [-0.4, -0.2) is 42.9 Å². The molecule has 0 aliphatic carbocycles. The van der Waals surface area contributed by atoms with Crippen LogP contribution >= 0.6 is 0 Å². The molecule has 0 aromatic heterocycles. The largest absolute Gasteiger partial charge is 0.478 e. The fourth-order valence-electron chi connectivity index (χ4n) is 5.30. The third-order valence-electron chi connectivity index (χ3n) is 7.67. The number of ether oxygens (including phenoxy) is 2. The molecule has 0 saturated carbocycles. The Kier molecular flexibility index (Phi) is 8.87. The van der Waals surface area contributed by atoms with E-state index in [4.69, 9.17) is 9.47 Å². The summed E-state index contributed by atoms with van der Waals surface area (Å²) in [6, 6.07) is 16.1. The average Bonchev–Trinajstić information content (AvgIpc) is 3.04. The number of carboxylic acids is 2. The Morgan fingerprint density at radius 1 is 0.660 bits per heavy atom. The van der Waals surface area contributed by atoms with E-state index in [-0.39, 0.29) is 22.3 Å². The Bertz CT molecular complexity index is 2270. The van der Waals surface area contributed by atoms with Crippen molar-refractivity contribution in [1.82, 2.24) is 0 Å². The number of esters is 1. The first-order chi connectivity index (χ1) is 23.5. The Morgan fingerprint density at radius 2 is 1.10 bits per heavy atom. The lowest BCUT2D eigenvalue weighted by atomic mass is 9.90. The molecule has 5 aromatic carbocycles. The summed E-state index contributed by atoms with van der Waals surface area (Å²) in [7, 11) is 0. The average molecular weight is 684 g/mol. The van der Waals surface area contributed by atoms with Crippen molar-refractivity contribution in [3.63, 3.8) is 0 Å². The van der Waals surface area contributed by atoms with Crippen LogP contribution in [-0.2, 0) is 11.2 Å². The van der Waals surface area contributed by atoms with Crippen molar-refractivity contribution in [2.75, 3.05) is 0 Å². The standard InChI is InChI=1S/C34H25N3O13/c1-34(2,3)33(42)50-29-23(21-11-7-5-9-18(21)13-25(29)32(40)41)16-22-20-10-6-4-8-17(20)12-24(31(38)39)28(22)49-30-26(36(45)46)14-19(35(43)44)15-27(30)37(47)48/h4-15H,16H2,1-3H3,(H,38,39)(H,40,41). The fraction of sp³-hybridized carbons (Fsp3) is 0.147. The zero-order chi connectivity index (χ0) is 36.7. The van der Waals surface area contributed by atoms with Gasteiger partial charge in [0.1, 0.15) is 22.6 Å². The van der Waals surface area contributed by atoms with Crippen LogP contribution in [0.5, 0.6) is 17.2 Å². The summed E-state index contributed by atoms with van der Waals surface area (Å²) in [4.78, 5) is 70.8. The molecule has 0 fully saturated rings. The zero-order valence-electron chi connectivity index (χ0n) is 26.4. The van der Waals surface area contributed by atoms with E-state index in [0.29, 0.717) is 28.3 Å². The molecule has 0 radical (unpaired) electrons. The third kappa shape index (κ3) is 6.44. The van der Waals surface area contributed by atoms with Gasteiger partial charge in [-0.3, -0.25) is 35.1 Å². The SMILES string of the molecule is CC(C)(C)C(=O)Oc1c(C(=O)O)cc2ccccc2c1Cc1c(Oc2c([N+](=O)[O-])cc([N+](=O)[O-])cc2[N+](=O)[O-])c(C(=O)O)cc2ccccc12. The van der Waals surface area contributed by atoms with E-state index >= 15 is 0 Å². The molecular formula is C34H25N3O13. The van der Waals surface area contributed by atoms with E-state index in [1.165, 1.54) is 12.1 Å². The van der Waals surface area contributed by atoms with Gasteiger partial charge >= 0.3 is 29.3 Å². The number of nitro benzene ring substituents is 3. The number of nitrogens with zero attached hydrogens (tertiary/aromatic N) is 3. The van der Waals surface area contributed by atoms with Crippen LogP contribution in [0, 0.1) is 35.8 Å². The van der Waals surface area contributed by atoms with Crippen LogP contribution in [0.25, 0.3) is 21.5 Å². The highest BCUT2D eigenvalue weighted by atomic mass is 16.6. The first kappa shape index (κ1) is 34.4. The molecule has 0 atom stereocenters. The van der Waals surface area contributed by atoms with Crippen molar-refractivity contribution >= 4 is 56.5 Å². The van der Waals surface area contributed by atoms with Crippen LogP contribution in [0.1, 0.15) is 52.6 Å². The summed E-state index contributed by atoms with van der Waals surface area (Å²) in [6.45, 7) is 4.66. The Morgan fingerprint density at radius 3 is 1.52 bits per heavy atom. The highest BCUT2D eigenvalue weighted by molar-refractivity contribution is 6.03. The molecule has 5 rings (SSSR count). The molecule has 2 N–H and O–H groups in total. The van der Waals surface area contributed by atoms with Gasteiger partial charge in [-0.2, -0.15) is 0 Å². The summed E-state index contributed by atoms with van der Waals surface area (Å²) < 4.78 is 11.6. The van der Waals surface area contributed by atoms with Gasteiger partial charge < -0.3 is 19.7 Å². The number of benzene rings is 5. The van der Waals surface area contributed by atoms with Crippen molar-refractivity contribution in [2.45, 2.75) is 27.2 Å². The molecule has 0 saturated heterocycles. The summed E-state index contributed by atoms with van der Waals surface area (Å²) in [6.07, 6.45) is -0.431. The van der Waals surface area contributed by atoms with Crippen molar-refractivity contribution in [3.05, 3.63) is 125 Å². The van der Waals surface area contributed by atoms with E-state index in [2.05, 4.69) is 0 Å². The molecule has 16 heteroatoms. The number of carbonyl (C=O) groups is 3. The smallest absolute Gasteiger partial charge is 0.339 e. The number of carboxylic acid groups (broad SMARTS) is 2. The van der Waals surface area contributed by atoms with Gasteiger partial charge in [0.2, 0.25) is 0 Å². The van der Waals surface area contributed by atoms with Crippen LogP contribution in [0.4, 0.5) is 17.1 Å². The zero-order valence-corrected chi connectivity index (χ0v) is 26.4. The lowest BCUT2D eigenvalue weighted by Crippen LogP contribution is -2.27. The molecular weight excluding hydrogens is 658 g/mol. The predicted molar refractivity (Wildman–Crippen MR) is 176 cm³/mol. The minimum Gasteiger partial charge on any atom is -0.478 e. The fourth-order valence-corrected chi connectivity index (χ4v) is 5.30. The molecule has 0 amide bonds. The van der Waals surface area contributed by atoms with Gasteiger partial charge in [-0.05, 0) is 54.4 Å². The summed E-state index contributed by atoms with van der Waals surface area (Å²) >= 11 is 0. The van der Waals surface area contributed by atoms with Gasteiger partial charge in [-0.25, -0.2) is 9.59 Å². The van der Waals surface area contributed by atoms with E-state index in [9.17, 15) is 54.9 Å². The molecule has 254 valence electrons. The molecule has 0 aliphatic rings. The monoisotopic (exact) mass is 683 g/mol. The van der Waals surface area contributed by atoms with Gasteiger partial charge in [0.05, 0.1) is 32.3 Å². The number of hydrogen-bond acceptors (Lipinski definition) is 11. The minimum absolute atomic E-state index is 0.0387. The summed E-state index contributed by atoms with van der Waals surface area (Å²) in [5.74, 6) is -5.93. The second-order valence-electron chi connectivity index (χ2n) is 12.0. The van der Waals surface area contributed by atoms with E-state index in [0.717, 1.165) is 0 Å². The predicted octanol–water partition coefficient (Wildman–Crippen LogP) is 7.45. The molecule has 0 bridgehead atoms. The maximum Gasteiger partial charge on any atom is 0.339 e. The molecule has 5 aromatic rings. The maximum absolute atomic E-state index is 13.2. The number of aromatic carboxylic acids is 2. The molecule has 0 aliphatic heterocycles. The highest BCUT2D eigenvalue weighted by Gasteiger charge is 2.35. The molecule has 0 spiro atoms. The minimum atomic E-state index is -1.61. The summed E-state index contributed by atoms with van der Waals surface area (Å²) in [5, 5.41) is 57.7. The third-order valence-corrected chi connectivity index (χ3v) is 7.67. The maximum atomic E-state index is 13.2. The highest BCUT2D eigenvalue weighted by Crippen LogP contribution is 2.47. The Hall–Kier alpha value is -6.97. The Balaban J connectivity index is 1.91. The van der Waals surface area contributed by atoms with Crippen LogP contribution in [0.3, 0.4) is 0 Å². The van der Waals surface area contributed by atoms with Crippen molar-refractivity contribution in [1.29, 1.82) is 0 Å². The van der Waals surface area contributed by atoms with E-state index < -0.39 is 84.2 Å². The number of nitro groups is 3. The number of carbonyl (C=O) groups excluding carboxylic acids is 1. The van der Waals surface area contributed by atoms with Crippen LogP contribution in [0.2, 0.25) is 0 Å². The topological polar surface area (TPSA) is 240 Å². The molecule has 50 heavy (non-hydrogen) atoms. The second-order valence-corrected chi connectivity index (χ2v) is 12.0. The van der Waals surface area contributed by atoms with Crippen LogP contribution < -0.4 is 9.47 Å². The normalized spacial score (nSPS) is 11.3. The number of hydrogen-bond donors (Lipinski definition) is 2. The quantitative estimate of drug-likeness (QED) is 0.0630. The number of fused-ring (bicyclic) bond motifs is 2. The van der Waals surface area contributed by atoms with E-state index in [1.807, 2.05) is 0 Å². The van der Waals surface area contributed by atoms with Gasteiger partial charge in [0.25, 0.3) is 11.4 Å². The van der Waals surface area contributed by atoms with Crippen molar-refractivity contribution in [3.8, 4) is 17.2 Å².